The van der Waals surface area contributed by atoms with E-state index in [0.717, 1.165) is 69.3 Å². The lowest BCUT2D eigenvalue weighted by Gasteiger charge is -2.34. The number of hydrogen-bond donors (Lipinski definition) is 2. The van der Waals surface area contributed by atoms with Gasteiger partial charge in [0.1, 0.15) is 18.5 Å². The molecular weight excluding hydrogens is 467 g/mol. The van der Waals surface area contributed by atoms with Crippen LogP contribution in [0.3, 0.4) is 0 Å². The summed E-state index contributed by atoms with van der Waals surface area (Å²) in [7, 11) is 1.83. The van der Waals surface area contributed by atoms with Crippen molar-refractivity contribution in [3.05, 3.63) is 36.5 Å². The van der Waals surface area contributed by atoms with Crippen LogP contribution in [0.4, 0.5) is 5.82 Å². The Morgan fingerprint density at radius 1 is 1.18 bits per heavy atom. The molecule has 2 aromatic rings. The van der Waals surface area contributed by atoms with Gasteiger partial charge in [0.25, 0.3) is 0 Å². The highest BCUT2D eigenvalue weighted by Crippen LogP contribution is 2.18. The first-order chi connectivity index (χ1) is 13.2. The number of pyridine rings is 1. The van der Waals surface area contributed by atoms with Gasteiger partial charge in [0.15, 0.2) is 5.96 Å². The monoisotopic (exact) mass is 498 g/mol. The first-order valence-electron chi connectivity index (χ1n) is 9.73. The maximum atomic E-state index is 4.64. The summed E-state index contributed by atoms with van der Waals surface area (Å²) in [6, 6.07) is 6.67. The van der Waals surface area contributed by atoms with Crippen LogP contribution >= 0.6 is 24.0 Å². The fraction of sp³-hybridized carbons (Fsp3) is 0.579. The van der Waals surface area contributed by atoms with Gasteiger partial charge in [-0.25, -0.2) is 4.98 Å². The molecule has 2 N–H and O–H groups in total. The molecule has 3 heterocycles. The Hall–Kier alpha value is -1.91. The van der Waals surface area contributed by atoms with Crippen molar-refractivity contribution in [3.8, 4) is 0 Å². The lowest BCUT2D eigenvalue weighted by molar-refractivity contribution is 0.459. The third kappa shape index (κ3) is 6.92. The molecule has 0 bridgehead atoms. The third-order valence-corrected chi connectivity index (χ3v) is 4.86. The number of aryl methyl sites for hydroxylation is 2. The van der Waals surface area contributed by atoms with Crippen molar-refractivity contribution in [1.82, 2.24) is 30.4 Å². The summed E-state index contributed by atoms with van der Waals surface area (Å²) in [4.78, 5) is 11.4. The van der Waals surface area contributed by atoms with Gasteiger partial charge in [-0.15, -0.1) is 34.2 Å². The molecule has 9 heteroatoms. The minimum Gasteiger partial charge on any atom is -0.356 e. The van der Waals surface area contributed by atoms with E-state index in [4.69, 9.17) is 0 Å². The van der Waals surface area contributed by atoms with Crippen LogP contribution in [0, 0.1) is 6.92 Å². The lowest BCUT2D eigenvalue weighted by atomic mass is 10.1. The third-order valence-electron chi connectivity index (χ3n) is 4.86. The molecule has 1 saturated heterocycles. The van der Waals surface area contributed by atoms with Gasteiger partial charge >= 0.3 is 0 Å². The Morgan fingerprint density at radius 3 is 2.61 bits per heavy atom. The average Bonchev–Trinajstić information content (AvgIpc) is 3.21. The van der Waals surface area contributed by atoms with E-state index in [1.807, 2.05) is 24.6 Å². The summed E-state index contributed by atoms with van der Waals surface area (Å²) in [6.07, 6.45) is 7.85. The number of unbranched alkanes of at least 4 members (excludes halogenated alkanes) is 1. The minimum atomic E-state index is 0. The fourth-order valence-electron chi connectivity index (χ4n) is 3.31. The molecule has 0 saturated carbocycles. The van der Waals surface area contributed by atoms with E-state index in [2.05, 4.69) is 47.8 Å². The predicted octanol–water partition coefficient (Wildman–Crippen LogP) is 2.21. The highest BCUT2D eigenvalue weighted by molar-refractivity contribution is 14.0. The second kappa shape index (κ2) is 11.8. The normalized spacial score (nSPS) is 15.2. The number of hydrogen-bond acceptors (Lipinski definition) is 5. The van der Waals surface area contributed by atoms with Gasteiger partial charge in [-0.3, -0.25) is 4.99 Å². The van der Waals surface area contributed by atoms with E-state index in [-0.39, 0.29) is 24.0 Å². The number of guanidine groups is 1. The minimum absolute atomic E-state index is 0. The first-order valence-corrected chi connectivity index (χ1v) is 9.73. The maximum absolute atomic E-state index is 4.64. The first kappa shape index (κ1) is 22.4. The molecule has 0 aliphatic carbocycles. The van der Waals surface area contributed by atoms with Crippen molar-refractivity contribution in [2.75, 3.05) is 31.6 Å². The summed E-state index contributed by atoms with van der Waals surface area (Å²) in [5.74, 6) is 1.98. The topological polar surface area (TPSA) is 83.3 Å². The molecule has 0 amide bonds. The predicted molar refractivity (Wildman–Crippen MR) is 123 cm³/mol. The van der Waals surface area contributed by atoms with Gasteiger partial charge in [0.05, 0.1) is 0 Å². The van der Waals surface area contributed by atoms with Gasteiger partial charge in [0, 0.05) is 45.0 Å². The molecular formula is C19H31IN8. The van der Waals surface area contributed by atoms with Crippen molar-refractivity contribution in [2.24, 2.45) is 4.99 Å². The molecule has 0 spiro atoms. The fourth-order valence-corrected chi connectivity index (χ4v) is 3.31. The summed E-state index contributed by atoms with van der Waals surface area (Å²) in [6.45, 7) is 5.94. The number of aromatic nitrogens is 4. The number of halogens is 1. The van der Waals surface area contributed by atoms with Crippen LogP contribution in [-0.4, -0.2) is 58.4 Å². The van der Waals surface area contributed by atoms with Crippen molar-refractivity contribution in [2.45, 2.75) is 45.2 Å². The summed E-state index contributed by atoms with van der Waals surface area (Å²) < 4.78 is 2.00. The number of piperidine rings is 1. The van der Waals surface area contributed by atoms with Gasteiger partial charge in [0.2, 0.25) is 0 Å². The summed E-state index contributed by atoms with van der Waals surface area (Å²) in [5, 5.41) is 14.6. The maximum Gasteiger partial charge on any atom is 0.191 e. The quantitative estimate of drug-likeness (QED) is 0.264. The number of aliphatic imine (C=N–C) groups is 1. The van der Waals surface area contributed by atoms with Gasteiger partial charge in [-0.05, 0) is 44.7 Å². The molecule has 3 rings (SSSR count). The van der Waals surface area contributed by atoms with Crippen molar-refractivity contribution in [1.29, 1.82) is 0 Å². The molecule has 2 aromatic heterocycles. The van der Waals surface area contributed by atoms with Crippen LogP contribution in [0.5, 0.6) is 0 Å². The van der Waals surface area contributed by atoms with E-state index >= 15 is 0 Å². The second-order valence-corrected chi connectivity index (χ2v) is 6.95. The molecule has 0 radical (unpaired) electrons. The van der Waals surface area contributed by atoms with Crippen LogP contribution in [-0.2, 0) is 6.54 Å². The lowest BCUT2D eigenvalue weighted by Crippen LogP contribution is -2.49. The number of anilines is 1. The zero-order chi connectivity index (χ0) is 18.9. The van der Waals surface area contributed by atoms with Crippen LogP contribution in [0.25, 0.3) is 0 Å². The molecule has 8 nitrogen and oxygen atoms in total. The van der Waals surface area contributed by atoms with E-state index in [1.165, 1.54) is 0 Å². The van der Waals surface area contributed by atoms with Crippen LogP contribution in [0.2, 0.25) is 0 Å². The summed E-state index contributed by atoms with van der Waals surface area (Å²) >= 11 is 0. The van der Waals surface area contributed by atoms with Gasteiger partial charge < -0.3 is 20.1 Å². The molecule has 0 atom stereocenters. The molecule has 1 aliphatic heterocycles. The molecule has 28 heavy (non-hydrogen) atoms. The second-order valence-electron chi connectivity index (χ2n) is 6.95. The summed E-state index contributed by atoms with van der Waals surface area (Å²) in [5.41, 5.74) is 1.07. The Labute approximate surface area is 184 Å². The van der Waals surface area contributed by atoms with Crippen LogP contribution in [0.15, 0.2) is 35.8 Å². The molecule has 154 valence electrons. The van der Waals surface area contributed by atoms with Crippen molar-refractivity contribution >= 4 is 35.8 Å². The van der Waals surface area contributed by atoms with Gasteiger partial charge in [-0.2, -0.15) is 0 Å². The Kier molecular flexibility index (Phi) is 9.45. The smallest absolute Gasteiger partial charge is 0.191 e. The average molecular weight is 498 g/mol. The molecule has 0 aromatic carbocycles. The highest BCUT2D eigenvalue weighted by atomic mass is 127. The van der Waals surface area contributed by atoms with E-state index in [1.54, 1.807) is 12.7 Å². The molecule has 1 fully saturated rings. The number of rotatable bonds is 7. The van der Waals surface area contributed by atoms with Gasteiger partial charge in [-0.1, -0.05) is 6.07 Å². The van der Waals surface area contributed by atoms with E-state index in [0.29, 0.717) is 6.04 Å². The number of nitrogens with one attached hydrogen (secondary N) is 2. The Morgan fingerprint density at radius 2 is 1.93 bits per heavy atom. The van der Waals surface area contributed by atoms with Crippen molar-refractivity contribution < 1.29 is 0 Å². The SMILES string of the molecule is CN=C(NCCCCn1cnnc1)NC1CCN(c2cccc(C)n2)CC1.I. The number of nitrogens with zero attached hydrogens (tertiary/aromatic N) is 6. The molecule has 0 unspecified atom stereocenters. The standard InChI is InChI=1S/C19H30N8.HI/c1-16-6-5-7-18(24-16)27-12-8-17(9-13-27)25-19(20-2)21-10-3-4-11-26-14-22-23-15-26;/h5-7,14-15,17H,3-4,8-13H2,1-2H3,(H2,20,21,25);1H. The highest BCUT2D eigenvalue weighted by Gasteiger charge is 2.20. The van der Waals surface area contributed by atoms with E-state index in [9.17, 15) is 0 Å². The van der Waals surface area contributed by atoms with Crippen LogP contribution < -0.4 is 15.5 Å². The van der Waals surface area contributed by atoms with Crippen molar-refractivity contribution in [3.63, 3.8) is 0 Å². The molecule has 1 aliphatic rings. The Balaban J connectivity index is 0.00000280. The zero-order valence-corrected chi connectivity index (χ0v) is 19.0. The largest absolute Gasteiger partial charge is 0.356 e. The Bertz CT molecular complexity index is 710. The van der Waals surface area contributed by atoms with Crippen LogP contribution in [0.1, 0.15) is 31.4 Å². The zero-order valence-electron chi connectivity index (χ0n) is 16.7. The van der Waals surface area contributed by atoms with E-state index < -0.39 is 0 Å².